The van der Waals surface area contributed by atoms with Gasteiger partial charge in [-0.15, -0.1) is 0 Å². The van der Waals surface area contributed by atoms with E-state index in [9.17, 15) is 23.5 Å². The molecule has 2 N–H and O–H groups in total. The molecule has 0 bridgehead atoms. The van der Waals surface area contributed by atoms with Gasteiger partial charge in [0.25, 0.3) is 5.91 Å². The van der Waals surface area contributed by atoms with Crippen LogP contribution in [0.5, 0.6) is 5.75 Å². The van der Waals surface area contributed by atoms with Crippen LogP contribution in [-0.4, -0.2) is 28.6 Å². The molecule has 1 amide bonds. The van der Waals surface area contributed by atoms with Crippen molar-refractivity contribution in [3.63, 3.8) is 0 Å². The first-order valence-electron chi connectivity index (χ1n) is 7.89. The highest BCUT2D eigenvalue weighted by atomic mass is 19.2. The van der Waals surface area contributed by atoms with E-state index in [-0.39, 0.29) is 5.75 Å². The standard InChI is InChI=1S/C17H21F2NO4/c1-10(24-11-6-7-13(18)14(19)9-11)15(21)20-17(2)8-4-3-5-12(17)16(22)23/h6-7,9-10,12H,3-5,8H2,1-2H3,(H,20,21)(H,22,23). The van der Waals surface area contributed by atoms with Crippen molar-refractivity contribution in [3.8, 4) is 5.75 Å². The number of carboxylic acids is 1. The van der Waals surface area contributed by atoms with Gasteiger partial charge < -0.3 is 15.2 Å². The van der Waals surface area contributed by atoms with Gasteiger partial charge in [0.1, 0.15) is 5.75 Å². The van der Waals surface area contributed by atoms with Crippen LogP contribution in [0.25, 0.3) is 0 Å². The Bertz CT molecular complexity index is 637. The molecule has 0 heterocycles. The van der Waals surface area contributed by atoms with Crippen molar-refractivity contribution in [2.45, 2.75) is 51.2 Å². The Morgan fingerprint density at radius 1 is 1.33 bits per heavy atom. The van der Waals surface area contributed by atoms with Crippen LogP contribution in [0, 0.1) is 17.6 Å². The largest absolute Gasteiger partial charge is 0.481 e. The quantitative estimate of drug-likeness (QED) is 0.863. The van der Waals surface area contributed by atoms with Gasteiger partial charge in [-0.25, -0.2) is 8.78 Å². The summed E-state index contributed by atoms with van der Waals surface area (Å²) >= 11 is 0. The Morgan fingerprint density at radius 2 is 2.04 bits per heavy atom. The van der Waals surface area contributed by atoms with Gasteiger partial charge in [0.2, 0.25) is 0 Å². The van der Waals surface area contributed by atoms with Gasteiger partial charge in [-0.2, -0.15) is 0 Å². The number of halogens is 2. The van der Waals surface area contributed by atoms with Crippen LogP contribution < -0.4 is 10.1 Å². The predicted octanol–water partition coefficient (Wildman–Crippen LogP) is 2.88. The Labute approximate surface area is 139 Å². The average molecular weight is 341 g/mol. The number of amides is 1. The van der Waals surface area contributed by atoms with E-state index >= 15 is 0 Å². The van der Waals surface area contributed by atoms with Crippen molar-refractivity contribution in [2.24, 2.45) is 5.92 Å². The van der Waals surface area contributed by atoms with Gasteiger partial charge in [0, 0.05) is 6.07 Å². The number of nitrogens with one attached hydrogen (secondary N) is 1. The average Bonchev–Trinajstić information content (AvgIpc) is 2.50. The minimum atomic E-state index is -1.06. The first kappa shape index (κ1) is 18.2. The summed E-state index contributed by atoms with van der Waals surface area (Å²) in [6.45, 7) is 3.19. The Hall–Kier alpha value is -2.18. The van der Waals surface area contributed by atoms with E-state index in [4.69, 9.17) is 4.74 Å². The summed E-state index contributed by atoms with van der Waals surface area (Å²) < 4.78 is 31.4. The molecule has 1 aromatic rings. The molecule has 1 aliphatic carbocycles. The summed E-state index contributed by atoms with van der Waals surface area (Å²) in [4.78, 5) is 23.8. The van der Waals surface area contributed by atoms with Crippen molar-refractivity contribution in [3.05, 3.63) is 29.8 Å². The molecule has 0 aliphatic heterocycles. The molecule has 0 spiro atoms. The van der Waals surface area contributed by atoms with Crippen LogP contribution in [0.15, 0.2) is 18.2 Å². The molecule has 0 radical (unpaired) electrons. The molecular formula is C17H21F2NO4. The number of hydrogen-bond acceptors (Lipinski definition) is 3. The van der Waals surface area contributed by atoms with Crippen LogP contribution in [-0.2, 0) is 9.59 Å². The second kappa shape index (κ2) is 7.15. The molecule has 1 aliphatic rings. The van der Waals surface area contributed by atoms with Crippen molar-refractivity contribution in [1.29, 1.82) is 0 Å². The number of benzene rings is 1. The lowest BCUT2D eigenvalue weighted by Gasteiger charge is -2.40. The molecule has 1 saturated carbocycles. The summed E-state index contributed by atoms with van der Waals surface area (Å²) in [7, 11) is 0. The normalized spacial score (nSPS) is 24.9. The van der Waals surface area contributed by atoms with Gasteiger partial charge in [-0.1, -0.05) is 12.8 Å². The molecule has 1 aromatic carbocycles. The van der Waals surface area contributed by atoms with Gasteiger partial charge >= 0.3 is 5.97 Å². The lowest BCUT2D eigenvalue weighted by Crippen LogP contribution is -2.57. The Balaban J connectivity index is 2.04. The molecule has 0 saturated heterocycles. The molecule has 1 fully saturated rings. The predicted molar refractivity (Wildman–Crippen MR) is 82.6 cm³/mol. The van der Waals surface area contributed by atoms with Crippen molar-refractivity contribution < 1.29 is 28.2 Å². The maximum atomic E-state index is 13.2. The third kappa shape index (κ3) is 4.01. The van der Waals surface area contributed by atoms with Gasteiger partial charge in [0.15, 0.2) is 17.7 Å². The first-order chi connectivity index (χ1) is 11.2. The van der Waals surface area contributed by atoms with E-state index in [2.05, 4.69) is 5.32 Å². The SMILES string of the molecule is CC(Oc1ccc(F)c(F)c1)C(=O)NC1(C)CCCCC1C(=O)O. The highest BCUT2D eigenvalue weighted by Gasteiger charge is 2.42. The van der Waals surface area contributed by atoms with Crippen molar-refractivity contribution >= 4 is 11.9 Å². The maximum Gasteiger partial charge on any atom is 0.308 e. The number of aliphatic carboxylic acids is 1. The third-order valence-electron chi connectivity index (χ3n) is 4.49. The summed E-state index contributed by atoms with van der Waals surface area (Å²) in [5, 5.41) is 12.1. The molecule has 132 valence electrons. The van der Waals surface area contributed by atoms with Crippen LogP contribution in [0.3, 0.4) is 0 Å². The van der Waals surface area contributed by atoms with E-state index in [1.165, 1.54) is 13.0 Å². The lowest BCUT2D eigenvalue weighted by molar-refractivity contribution is -0.147. The van der Waals surface area contributed by atoms with E-state index in [0.717, 1.165) is 25.0 Å². The number of carboxylic acid groups (broad SMARTS) is 1. The maximum absolute atomic E-state index is 13.2. The fourth-order valence-electron chi connectivity index (χ4n) is 3.07. The topological polar surface area (TPSA) is 75.6 Å². The van der Waals surface area contributed by atoms with E-state index in [0.29, 0.717) is 12.8 Å². The smallest absolute Gasteiger partial charge is 0.308 e. The van der Waals surface area contributed by atoms with Gasteiger partial charge in [0.05, 0.1) is 11.5 Å². The fourth-order valence-corrected chi connectivity index (χ4v) is 3.07. The molecule has 24 heavy (non-hydrogen) atoms. The number of ether oxygens (including phenoxy) is 1. The molecule has 3 atom stereocenters. The molecule has 3 unspecified atom stereocenters. The third-order valence-corrected chi connectivity index (χ3v) is 4.49. The number of carbonyl (C=O) groups excluding carboxylic acids is 1. The zero-order valence-corrected chi connectivity index (χ0v) is 13.6. The first-order valence-corrected chi connectivity index (χ1v) is 7.89. The highest BCUT2D eigenvalue weighted by molar-refractivity contribution is 5.83. The Morgan fingerprint density at radius 3 is 2.67 bits per heavy atom. The van der Waals surface area contributed by atoms with E-state index in [1.54, 1.807) is 6.92 Å². The molecule has 5 nitrogen and oxygen atoms in total. The fraction of sp³-hybridized carbons (Fsp3) is 0.529. The number of rotatable bonds is 5. The van der Waals surface area contributed by atoms with Crippen LogP contribution in [0.4, 0.5) is 8.78 Å². The molecule has 0 aromatic heterocycles. The second-order valence-corrected chi connectivity index (χ2v) is 6.38. The minimum absolute atomic E-state index is 0.0279. The zero-order valence-electron chi connectivity index (χ0n) is 13.6. The van der Waals surface area contributed by atoms with Crippen LogP contribution in [0.2, 0.25) is 0 Å². The van der Waals surface area contributed by atoms with Gasteiger partial charge in [-0.05, 0) is 38.8 Å². The lowest BCUT2D eigenvalue weighted by atomic mass is 9.74. The number of hydrogen-bond donors (Lipinski definition) is 2. The summed E-state index contributed by atoms with van der Waals surface area (Å²) in [5.74, 6) is -4.13. The van der Waals surface area contributed by atoms with E-state index in [1.807, 2.05) is 0 Å². The summed E-state index contributed by atoms with van der Waals surface area (Å²) in [5.41, 5.74) is -0.854. The van der Waals surface area contributed by atoms with Gasteiger partial charge in [-0.3, -0.25) is 9.59 Å². The molecule has 7 heteroatoms. The van der Waals surface area contributed by atoms with Crippen molar-refractivity contribution in [2.75, 3.05) is 0 Å². The second-order valence-electron chi connectivity index (χ2n) is 6.38. The highest BCUT2D eigenvalue weighted by Crippen LogP contribution is 2.34. The van der Waals surface area contributed by atoms with Crippen LogP contribution >= 0.6 is 0 Å². The summed E-state index contributed by atoms with van der Waals surface area (Å²) in [6.07, 6.45) is 1.74. The zero-order chi connectivity index (χ0) is 17.9. The van der Waals surface area contributed by atoms with E-state index < -0.39 is 41.1 Å². The summed E-state index contributed by atoms with van der Waals surface area (Å²) in [6, 6.07) is 3.00. The van der Waals surface area contributed by atoms with Crippen molar-refractivity contribution in [1.82, 2.24) is 5.32 Å². The molecular weight excluding hydrogens is 320 g/mol. The monoisotopic (exact) mass is 341 g/mol. The van der Waals surface area contributed by atoms with Crippen LogP contribution in [0.1, 0.15) is 39.5 Å². The molecule has 2 rings (SSSR count). The Kier molecular flexibility index (Phi) is 5.41. The number of carbonyl (C=O) groups is 2. The minimum Gasteiger partial charge on any atom is -0.481 e.